The quantitative estimate of drug-likeness (QED) is 0.846. The highest BCUT2D eigenvalue weighted by Crippen LogP contribution is 2.22. The van der Waals surface area contributed by atoms with Gasteiger partial charge in [0.1, 0.15) is 6.04 Å². The highest BCUT2D eigenvalue weighted by Gasteiger charge is 2.33. The summed E-state index contributed by atoms with van der Waals surface area (Å²) in [5.41, 5.74) is 2.22. The monoisotopic (exact) mass is 346 g/mol. The number of nitrogens with one attached hydrogen (secondary N) is 1. The standard InChI is InChI=1S/C18H22N2O3S/c1-2-23-18(22)16-12-24-10-9-20(16)17(21)8-7-13-11-19-15-6-4-3-5-14(13)15/h3-6,11,16,19H,2,7-10,12H2,1H3. The van der Waals surface area contributed by atoms with Crippen LogP contribution in [-0.2, 0) is 20.7 Å². The zero-order valence-electron chi connectivity index (χ0n) is 13.8. The maximum absolute atomic E-state index is 12.6. The molecule has 5 nitrogen and oxygen atoms in total. The van der Waals surface area contributed by atoms with Crippen molar-refractivity contribution in [2.45, 2.75) is 25.8 Å². The second-order valence-corrected chi connectivity index (χ2v) is 6.94. The number of carbonyl (C=O) groups is 2. The Bertz CT molecular complexity index is 728. The van der Waals surface area contributed by atoms with Crippen molar-refractivity contribution in [2.24, 2.45) is 0 Å². The summed E-state index contributed by atoms with van der Waals surface area (Å²) in [4.78, 5) is 29.7. The molecule has 6 heteroatoms. The molecule has 1 unspecified atom stereocenters. The van der Waals surface area contributed by atoms with Crippen molar-refractivity contribution in [3.05, 3.63) is 36.0 Å². The lowest BCUT2D eigenvalue weighted by Gasteiger charge is -2.33. The molecule has 128 valence electrons. The molecule has 1 aliphatic rings. The summed E-state index contributed by atoms with van der Waals surface area (Å²) >= 11 is 1.70. The van der Waals surface area contributed by atoms with E-state index in [-0.39, 0.29) is 11.9 Å². The van der Waals surface area contributed by atoms with Crippen LogP contribution in [0.25, 0.3) is 10.9 Å². The Morgan fingerprint density at radius 2 is 2.21 bits per heavy atom. The number of benzene rings is 1. The molecule has 24 heavy (non-hydrogen) atoms. The molecule has 0 spiro atoms. The lowest BCUT2D eigenvalue weighted by molar-refractivity contribution is -0.153. The number of nitrogens with zero attached hydrogens (tertiary/aromatic N) is 1. The molecular formula is C18H22N2O3S. The predicted octanol–water partition coefficient (Wildman–Crippen LogP) is 2.61. The summed E-state index contributed by atoms with van der Waals surface area (Å²) in [7, 11) is 0. The summed E-state index contributed by atoms with van der Waals surface area (Å²) in [5, 5.41) is 1.15. The van der Waals surface area contributed by atoms with E-state index in [2.05, 4.69) is 11.1 Å². The third-order valence-electron chi connectivity index (χ3n) is 4.29. The van der Waals surface area contributed by atoms with Gasteiger partial charge < -0.3 is 14.6 Å². The van der Waals surface area contributed by atoms with Gasteiger partial charge in [0.2, 0.25) is 5.91 Å². The van der Waals surface area contributed by atoms with Gasteiger partial charge in [0.25, 0.3) is 0 Å². The van der Waals surface area contributed by atoms with Gasteiger partial charge in [-0.3, -0.25) is 4.79 Å². The molecule has 1 aromatic heterocycles. The fourth-order valence-corrected chi connectivity index (χ4v) is 4.09. The van der Waals surface area contributed by atoms with Crippen molar-refractivity contribution in [3.8, 4) is 0 Å². The third kappa shape index (κ3) is 3.59. The molecule has 1 aliphatic heterocycles. The average molecular weight is 346 g/mol. The van der Waals surface area contributed by atoms with Crippen molar-refractivity contribution in [1.29, 1.82) is 0 Å². The number of hydrogen-bond acceptors (Lipinski definition) is 4. The first-order valence-corrected chi connectivity index (χ1v) is 9.45. The number of aromatic nitrogens is 1. The van der Waals surface area contributed by atoms with Crippen molar-refractivity contribution in [1.82, 2.24) is 9.88 Å². The van der Waals surface area contributed by atoms with E-state index in [9.17, 15) is 9.59 Å². The number of fused-ring (bicyclic) bond motifs is 1. The molecule has 1 atom stereocenters. The number of amides is 1. The van der Waals surface area contributed by atoms with E-state index in [1.54, 1.807) is 23.6 Å². The van der Waals surface area contributed by atoms with E-state index in [0.717, 1.165) is 22.2 Å². The fourth-order valence-electron chi connectivity index (χ4n) is 3.06. The summed E-state index contributed by atoms with van der Waals surface area (Å²) in [6, 6.07) is 7.63. The number of rotatable bonds is 5. The first kappa shape index (κ1) is 16.9. The summed E-state index contributed by atoms with van der Waals surface area (Å²) in [5.74, 6) is 1.23. The first-order valence-electron chi connectivity index (χ1n) is 8.29. The number of ether oxygens (including phenoxy) is 1. The van der Waals surface area contributed by atoms with Gasteiger partial charge in [-0.15, -0.1) is 0 Å². The first-order chi connectivity index (χ1) is 11.7. The normalized spacial score (nSPS) is 17.9. The molecule has 2 aromatic rings. The van der Waals surface area contributed by atoms with E-state index in [1.165, 1.54) is 0 Å². The minimum atomic E-state index is -0.445. The Morgan fingerprint density at radius 3 is 3.04 bits per heavy atom. The molecule has 0 bridgehead atoms. The smallest absolute Gasteiger partial charge is 0.329 e. The molecule has 1 fully saturated rings. The van der Waals surface area contributed by atoms with Gasteiger partial charge in [0.15, 0.2) is 0 Å². The van der Waals surface area contributed by atoms with Crippen LogP contribution in [0.15, 0.2) is 30.5 Å². The van der Waals surface area contributed by atoms with Crippen LogP contribution in [-0.4, -0.2) is 52.5 Å². The van der Waals surface area contributed by atoms with Crippen LogP contribution in [0.4, 0.5) is 0 Å². The number of aromatic amines is 1. The van der Waals surface area contributed by atoms with Crippen molar-refractivity contribution >= 4 is 34.5 Å². The lowest BCUT2D eigenvalue weighted by Crippen LogP contribution is -2.51. The van der Waals surface area contributed by atoms with Gasteiger partial charge in [0.05, 0.1) is 6.61 Å². The maximum atomic E-state index is 12.6. The number of aryl methyl sites for hydroxylation is 1. The Kier molecular flexibility index (Phi) is 5.45. The SMILES string of the molecule is CCOC(=O)C1CSCCN1C(=O)CCc1c[nH]c2ccccc12. The number of thioether (sulfide) groups is 1. The van der Waals surface area contributed by atoms with Crippen LogP contribution in [0, 0.1) is 0 Å². The van der Waals surface area contributed by atoms with Crippen LogP contribution in [0.3, 0.4) is 0 Å². The molecule has 0 radical (unpaired) electrons. The average Bonchev–Trinajstić information content (AvgIpc) is 3.03. The molecule has 1 amide bonds. The van der Waals surface area contributed by atoms with Crippen LogP contribution in [0.5, 0.6) is 0 Å². The Morgan fingerprint density at radius 1 is 1.38 bits per heavy atom. The highest BCUT2D eigenvalue weighted by molar-refractivity contribution is 7.99. The second-order valence-electron chi connectivity index (χ2n) is 5.79. The van der Waals surface area contributed by atoms with Gasteiger partial charge in [-0.2, -0.15) is 11.8 Å². The number of para-hydroxylation sites is 1. The number of esters is 1. The third-order valence-corrected chi connectivity index (χ3v) is 5.31. The minimum absolute atomic E-state index is 0.0265. The highest BCUT2D eigenvalue weighted by atomic mass is 32.2. The van der Waals surface area contributed by atoms with Crippen molar-refractivity contribution in [2.75, 3.05) is 24.7 Å². The fraction of sp³-hybridized carbons (Fsp3) is 0.444. The largest absolute Gasteiger partial charge is 0.464 e. The van der Waals surface area contributed by atoms with Gasteiger partial charge in [-0.1, -0.05) is 18.2 Å². The zero-order chi connectivity index (χ0) is 16.9. The molecule has 3 rings (SSSR count). The summed E-state index contributed by atoms with van der Waals surface area (Å²) in [6.45, 7) is 2.75. The molecule has 0 saturated carbocycles. The Hall–Kier alpha value is -1.95. The molecule has 1 N–H and O–H groups in total. The number of carbonyl (C=O) groups excluding carboxylic acids is 2. The topological polar surface area (TPSA) is 62.4 Å². The second kappa shape index (κ2) is 7.75. The van der Waals surface area contributed by atoms with Crippen molar-refractivity contribution in [3.63, 3.8) is 0 Å². The van der Waals surface area contributed by atoms with Gasteiger partial charge in [-0.05, 0) is 25.0 Å². The van der Waals surface area contributed by atoms with Gasteiger partial charge in [0, 0.05) is 41.6 Å². The summed E-state index contributed by atoms with van der Waals surface area (Å²) in [6.07, 6.45) is 3.04. The van der Waals surface area contributed by atoms with E-state index in [0.29, 0.717) is 31.7 Å². The van der Waals surface area contributed by atoms with E-state index in [4.69, 9.17) is 4.74 Å². The Labute approximate surface area is 145 Å². The lowest BCUT2D eigenvalue weighted by atomic mass is 10.1. The number of hydrogen-bond donors (Lipinski definition) is 1. The molecule has 2 heterocycles. The Balaban J connectivity index is 1.65. The van der Waals surface area contributed by atoms with Crippen LogP contribution < -0.4 is 0 Å². The van der Waals surface area contributed by atoms with Gasteiger partial charge >= 0.3 is 5.97 Å². The van der Waals surface area contributed by atoms with Crippen LogP contribution in [0.1, 0.15) is 18.9 Å². The van der Waals surface area contributed by atoms with Gasteiger partial charge in [-0.25, -0.2) is 4.79 Å². The predicted molar refractivity (Wildman–Crippen MR) is 96.1 cm³/mol. The van der Waals surface area contributed by atoms with Crippen LogP contribution in [0.2, 0.25) is 0 Å². The van der Waals surface area contributed by atoms with E-state index >= 15 is 0 Å². The molecule has 1 aromatic carbocycles. The number of H-pyrrole nitrogens is 1. The molecule has 1 saturated heterocycles. The van der Waals surface area contributed by atoms with Crippen molar-refractivity contribution < 1.29 is 14.3 Å². The van der Waals surface area contributed by atoms with E-state index in [1.807, 2.05) is 24.4 Å². The zero-order valence-corrected chi connectivity index (χ0v) is 14.6. The maximum Gasteiger partial charge on any atom is 0.329 e. The minimum Gasteiger partial charge on any atom is -0.464 e. The van der Waals surface area contributed by atoms with E-state index < -0.39 is 6.04 Å². The summed E-state index contributed by atoms with van der Waals surface area (Å²) < 4.78 is 5.12. The molecule has 0 aliphatic carbocycles. The molecular weight excluding hydrogens is 324 g/mol. The van der Waals surface area contributed by atoms with Crippen LogP contribution >= 0.6 is 11.8 Å².